The lowest BCUT2D eigenvalue weighted by atomic mass is 10.0. The Labute approximate surface area is 113 Å². The van der Waals surface area contributed by atoms with Crippen LogP contribution in [0.1, 0.15) is 33.6 Å². The van der Waals surface area contributed by atoms with Gasteiger partial charge in [-0.15, -0.1) is 0 Å². The lowest BCUT2D eigenvalue weighted by molar-refractivity contribution is -0.384. The molecule has 0 radical (unpaired) electrons. The number of nitro groups is 1. The van der Waals surface area contributed by atoms with E-state index in [1.165, 1.54) is 6.07 Å². The topological polar surface area (TPSA) is 80.1 Å². The summed E-state index contributed by atoms with van der Waals surface area (Å²) in [5, 5.41) is 17.0. The highest BCUT2D eigenvalue weighted by Crippen LogP contribution is 2.25. The summed E-state index contributed by atoms with van der Waals surface area (Å²) in [6.45, 7) is 6.34. The van der Waals surface area contributed by atoms with Crippen LogP contribution < -0.4 is 10.6 Å². The number of hydrogen-bond donors (Lipinski definition) is 2. The maximum absolute atomic E-state index is 11.0. The van der Waals surface area contributed by atoms with Crippen LogP contribution in [0.4, 0.5) is 17.3 Å². The van der Waals surface area contributed by atoms with Gasteiger partial charge in [0.1, 0.15) is 5.82 Å². The molecule has 1 unspecified atom stereocenters. The minimum atomic E-state index is -0.413. The van der Waals surface area contributed by atoms with Crippen molar-refractivity contribution in [3.63, 3.8) is 0 Å². The van der Waals surface area contributed by atoms with E-state index in [-0.39, 0.29) is 11.7 Å². The minimum Gasteiger partial charge on any atom is -0.373 e. The fourth-order valence-electron chi connectivity index (χ4n) is 1.73. The van der Waals surface area contributed by atoms with Crippen molar-refractivity contribution in [1.82, 2.24) is 4.98 Å². The van der Waals surface area contributed by atoms with E-state index in [0.29, 0.717) is 17.6 Å². The maximum Gasteiger partial charge on any atom is 0.311 e. The van der Waals surface area contributed by atoms with E-state index in [1.807, 2.05) is 6.92 Å². The van der Waals surface area contributed by atoms with Gasteiger partial charge in [0, 0.05) is 19.2 Å². The summed E-state index contributed by atoms with van der Waals surface area (Å²) in [5.41, 5.74) is 0.00963. The van der Waals surface area contributed by atoms with Crippen LogP contribution in [0.5, 0.6) is 0 Å². The molecule has 1 aromatic rings. The first kappa shape index (κ1) is 15.2. The number of nitrogens with zero attached hydrogens (tertiary/aromatic N) is 2. The molecule has 106 valence electrons. The largest absolute Gasteiger partial charge is 0.373 e. The fourth-order valence-corrected chi connectivity index (χ4v) is 1.73. The van der Waals surface area contributed by atoms with Crippen LogP contribution in [0, 0.1) is 16.0 Å². The van der Waals surface area contributed by atoms with Gasteiger partial charge in [-0.3, -0.25) is 10.1 Å². The van der Waals surface area contributed by atoms with Crippen molar-refractivity contribution in [3.05, 3.63) is 22.2 Å². The highest BCUT2D eigenvalue weighted by atomic mass is 16.6. The van der Waals surface area contributed by atoms with Crippen molar-refractivity contribution < 1.29 is 4.92 Å². The van der Waals surface area contributed by atoms with Gasteiger partial charge >= 0.3 is 5.69 Å². The third-order valence-electron chi connectivity index (χ3n) is 2.89. The predicted octanol–water partition coefficient (Wildman–Crippen LogP) is 3.27. The number of pyridine rings is 1. The highest BCUT2D eigenvalue weighted by molar-refractivity contribution is 5.60. The van der Waals surface area contributed by atoms with Gasteiger partial charge in [0.2, 0.25) is 5.82 Å². The summed E-state index contributed by atoms with van der Waals surface area (Å²) in [4.78, 5) is 14.8. The van der Waals surface area contributed by atoms with Gasteiger partial charge in [0.05, 0.1) is 4.92 Å². The van der Waals surface area contributed by atoms with Crippen LogP contribution >= 0.6 is 0 Å². The summed E-state index contributed by atoms with van der Waals surface area (Å²) in [6, 6.07) is 3.22. The van der Waals surface area contributed by atoms with Gasteiger partial charge in [-0.05, 0) is 31.7 Å². The molecule has 6 heteroatoms. The molecular formula is C13H22N4O2. The van der Waals surface area contributed by atoms with Crippen LogP contribution in [0.25, 0.3) is 0 Å². The Morgan fingerprint density at radius 2 is 2.00 bits per heavy atom. The molecule has 1 atom stereocenters. The zero-order chi connectivity index (χ0) is 14.4. The highest BCUT2D eigenvalue weighted by Gasteiger charge is 2.17. The average molecular weight is 266 g/mol. The summed E-state index contributed by atoms with van der Waals surface area (Å²) < 4.78 is 0. The Morgan fingerprint density at radius 3 is 2.53 bits per heavy atom. The lowest BCUT2D eigenvalue weighted by Crippen LogP contribution is -2.18. The first-order valence-corrected chi connectivity index (χ1v) is 6.53. The minimum absolute atomic E-state index is 0.00963. The molecule has 0 bridgehead atoms. The van der Waals surface area contributed by atoms with E-state index >= 15 is 0 Å². The van der Waals surface area contributed by atoms with Crippen molar-refractivity contribution in [2.24, 2.45) is 5.92 Å². The van der Waals surface area contributed by atoms with Gasteiger partial charge in [-0.25, -0.2) is 4.98 Å². The summed E-state index contributed by atoms with van der Waals surface area (Å²) in [6.07, 6.45) is 2.04. The Hall–Kier alpha value is -1.85. The second-order valence-corrected chi connectivity index (χ2v) is 5.09. The van der Waals surface area contributed by atoms with Gasteiger partial charge in [-0.2, -0.15) is 0 Å². The lowest BCUT2D eigenvalue weighted by Gasteiger charge is -2.16. The van der Waals surface area contributed by atoms with Crippen LogP contribution in [-0.2, 0) is 0 Å². The third-order valence-corrected chi connectivity index (χ3v) is 2.89. The van der Waals surface area contributed by atoms with Crippen LogP contribution in [-0.4, -0.2) is 23.0 Å². The SMILES string of the molecule is CNc1ccc([N+](=O)[O-])c(NC(C)CCC(C)C)n1. The molecule has 0 aliphatic rings. The molecule has 0 spiro atoms. The van der Waals surface area contributed by atoms with Crippen molar-refractivity contribution >= 4 is 17.3 Å². The molecule has 0 aliphatic carbocycles. The van der Waals surface area contributed by atoms with Gasteiger partial charge < -0.3 is 10.6 Å². The molecule has 1 rings (SSSR count). The second-order valence-electron chi connectivity index (χ2n) is 5.09. The number of hydrogen-bond acceptors (Lipinski definition) is 5. The summed E-state index contributed by atoms with van der Waals surface area (Å²) in [7, 11) is 1.74. The Bertz CT molecular complexity index is 435. The molecule has 0 aromatic carbocycles. The van der Waals surface area contributed by atoms with E-state index < -0.39 is 4.92 Å². The average Bonchev–Trinajstić information content (AvgIpc) is 2.35. The van der Waals surface area contributed by atoms with Crippen LogP contribution in [0.15, 0.2) is 12.1 Å². The first-order valence-electron chi connectivity index (χ1n) is 6.53. The normalized spacial score (nSPS) is 12.3. The zero-order valence-corrected chi connectivity index (χ0v) is 11.9. The van der Waals surface area contributed by atoms with Gasteiger partial charge in [-0.1, -0.05) is 13.8 Å². The monoisotopic (exact) mass is 266 g/mol. The van der Waals surface area contributed by atoms with E-state index in [1.54, 1.807) is 13.1 Å². The molecule has 0 aliphatic heterocycles. The predicted molar refractivity (Wildman–Crippen MR) is 77.6 cm³/mol. The molecule has 0 fully saturated rings. The molecule has 0 saturated heterocycles. The molecule has 1 heterocycles. The third kappa shape index (κ3) is 4.73. The molecular weight excluding hydrogens is 244 g/mol. The smallest absolute Gasteiger partial charge is 0.311 e. The molecule has 2 N–H and O–H groups in total. The van der Waals surface area contributed by atoms with Crippen molar-refractivity contribution in [2.75, 3.05) is 17.7 Å². The number of nitrogens with one attached hydrogen (secondary N) is 2. The number of aromatic nitrogens is 1. The number of rotatable bonds is 7. The van der Waals surface area contributed by atoms with E-state index in [0.717, 1.165) is 12.8 Å². The van der Waals surface area contributed by atoms with Crippen molar-refractivity contribution in [3.8, 4) is 0 Å². The van der Waals surface area contributed by atoms with Crippen LogP contribution in [0.2, 0.25) is 0 Å². The number of anilines is 2. The molecule has 1 aromatic heterocycles. The standard InChI is InChI=1S/C13H22N4O2/c1-9(2)5-6-10(3)15-13-11(17(18)19)7-8-12(14-4)16-13/h7-10H,5-6H2,1-4H3,(H2,14,15,16). The summed E-state index contributed by atoms with van der Waals surface area (Å²) in [5.74, 6) is 1.56. The summed E-state index contributed by atoms with van der Waals surface area (Å²) >= 11 is 0. The Morgan fingerprint density at radius 1 is 1.32 bits per heavy atom. The molecule has 0 amide bonds. The van der Waals surface area contributed by atoms with Crippen molar-refractivity contribution in [2.45, 2.75) is 39.7 Å². The molecule has 19 heavy (non-hydrogen) atoms. The van der Waals surface area contributed by atoms with E-state index in [9.17, 15) is 10.1 Å². The quantitative estimate of drug-likeness (QED) is 0.585. The zero-order valence-electron chi connectivity index (χ0n) is 11.9. The Kier molecular flexibility index (Phi) is 5.54. The van der Waals surface area contributed by atoms with Crippen LogP contribution in [0.3, 0.4) is 0 Å². The fraction of sp³-hybridized carbons (Fsp3) is 0.615. The van der Waals surface area contributed by atoms with E-state index in [2.05, 4.69) is 29.5 Å². The Balaban J connectivity index is 2.82. The van der Waals surface area contributed by atoms with E-state index in [4.69, 9.17) is 0 Å². The second kappa shape index (κ2) is 6.92. The molecule has 0 saturated carbocycles. The maximum atomic E-state index is 11.0. The first-order chi connectivity index (χ1) is 8.93. The van der Waals surface area contributed by atoms with Crippen molar-refractivity contribution in [1.29, 1.82) is 0 Å². The molecule has 6 nitrogen and oxygen atoms in total. The van der Waals surface area contributed by atoms with Gasteiger partial charge in [0.15, 0.2) is 0 Å². The van der Waals surface area contributed by atoms with Gasteiger partial charge in [0.25, 0.3) is 0 Å².